The predicted molar refractivity (Wildman–Crippen MR) is 74.7 cm³/mol. The normalized spacial score (nSPS) is 11.2. The minimum Gasteiger partial charge on any atom is -0.450 e. The number of hydrogen-bond donors (Lipinski definition) is 2. The molecule has 0 aliphatic carbocycles. The third-order valence-electron chi connectivity index (χ3n) is 2.71. The van der Waals surface area contributed by atoms with Gasteiger partial charge in [-0.15, -0.1) is 0 Å². The highest BCUT2D eigenvalue weighted by Gasteiger charge is 2.19. The largest absolute Gasteiger partial charge is 0.450 e. The lowest BCUT2D eigenvalue weighted by Gasteiger charge is -2.08. The molecule has 0 atom stereocenters. The van der Waals surface area contributed by atoms with Gasteiger partial charge in [0.1, 0.15) is 11.4 Å². The van der Waals surface area contributed by atoms with Crippen LogP contribution < -0.4 is 10.5 Å². The number of aryl methyl sites for hydroxylation is 1. The summed E-state index contributed by atoms with van der Waals surface area (Å²) >= 11 is 0. The van der Waals surface area contributed by atoms with Crippen molar-refractivity contribution in [2.24, 2.45) is 10.9 Å². The van der Waals surface area contributed by atoms with Crippen molar-refractivity contribution in [2.75, 3.05) is 0 Å². The molecule has 0 spiro atoms. The van der Waals surface area contributed by atoms with E-state index in [0.29, 0.717) is 11.3 Å². The maximum atomic E-state index is 11.1. The summed E-state index contributed by atoms with van der Waals surface area (Å²) in [6.07, 6.45) is 1.39. The minimum atomic E-state index is -0.504. The van der Waals surface area contributed by atoms with E-state index in [4.69, 9.17) is 15.7 Å². The van der Waals surface area contributed by atoms with Crippen LogP contribution in [0.5, 0.6) is 11.5 Å². The third kappa shape index (κ3) is 3.06. The van der Waals surface area contributed by atoms with E-state index in [1.807, 2.05) is 0 Å². The van der Waals surface area contributed by atoms with Crippen LogP contribution in [0.4, 0.5) is 5.69 Å². The van der Waals surface area contributed by atoms with Crippen molar-refractivity contribution in [1.82, 2.24) is 4.98 Å². The highest BCUT2D eigenvalue weighted by atomic mass is 16.6. The molecule has 3 N–H and O–H groups in total. The third-order valence-corrected chi connectivity index (χ3v) is 2.71. The van der Waals surface area contributed by atoms with E-state index in [2.05, 4.69) is 10.1 Å². The lowest BCUT2D eigenvalue weighted by Crippen LogP contribution is -2.14. The van der Waals surface area contributed by atoms with Crippen molar-refractivity contribution in [2.45, 2.75) is 6.92 Å². The molecule has 0 radical (unpaired) electrons. The van der Waals surface area contributed by atoms with Crippen LogP contribution in [0.2, 0.25) is 0 Å². The molecule has 0 amide bonds. The molecule has 0 aliphatic rings. The Hall–Kier alpha value is -3.16. The maximum absolute atomic E-state index is 11.1. The van der Waals surface area contributed by atoms with Gasteiger partial charge in [0, 0.05) is 17.8 Å². The Bertz CT molecular complexity index is 715. The molecule has 0 aliphatic heterocycles. The van der Waals surface area contributed by atoms with Crippen molar-refractivity contribution < 1.29 is 14.9 Å². The Labute approximate surface area is 119 Å². The summed E-state index contributed by atoms with van der Waals surface area (Å²) in [6, 6.07) is 7.71. The Morgan fingerprint density at radius 3 is 2.90 bits per heavy atom. The quantitative estimate of drug-likeness (QED) is 0.292. The minimum absolute atomic E-state index is 0.108. The van der Waals surface area contributed by atoms with E-state index in [0.717, 1.165) is 0 Å². The first-order valence-corrected chi connectivity index (χ1v) is 5.88. The van der Waals surface area contributed by atoms with Crippen LogP contribution in [0.25, 0.3) is 0 Å². The van der Waals surface area contributed by atoms with Crippen molar-refractivity contribution in [3.63, 3.8) is 0 Å². The number of nitrogens with two attached hydrogens (primary N) is 1. The Morgan fingerprint density at radius 2 is 2.24 bits per heavy atom. The molecule has 0 bridgehead atoms. The van der Waals surface area contributed by atoms with Crippen molar-refractivity contribution in [3.8, 4) is 11.5 Å². The van der Waals surface area contributed by atoms with Gasteiger partial charge in [0.05, 0.1) is 4.92 Å². The van der Waals surface area contributed by atoms with E-state index in [-0.39, 0.29) is 23.0 Å². The van der Waals surface area contributed by atoms with E-state index < -0.39 is 4.92 Å². The molecule has 0 saturated heterocycles. The molecule has 0 saturated carbocycles. The van der Waals surface area contributed by atoms with E-state index in [1.54, 1.807) is 19.1 Å². The fourth-order valence-corrected chi connectivity index (χ4v) is 1.74. The van der Waals surface area contributed by atoms with Gasteiger partial charge in [-0.1, -0.05) is 17.3 Å². The molecule has 2 aromatic rings. The van der Waals surface area contributed by atoms with E-state index in [9.17, 15) is 10.1 Å². The number of aromatic nitrogens is 1. The Kier molecular flexibility index (Phi) is 3.98. The summed E-state index contributed by atoms with van der Waals surface area (Å²) in [6.45, 7) is 1.62. The van der Waals surface area contributed by atoms with Gasteiger partial charge in [-0.05, 0) is 19.1 Å². The van der Waals surface area contributed by atoms with Crippen LogP contribution in [0, 0.1) is 17.0 Å². The molecular formula is C13H12N4O4. The lowest BCUT2D eigenvalue weighted by atomic mass is 10.2. The molecule has 0 fully saturated rings. The van der Waals surface area contributed by atoms with Gasteiger partial charge >= 0.3 is 5.69 Å². The predicted octanol–water partition coefficient (Wildman–Crippen LogP) is 2.19. The second kappa shape index (κ2) is 5.87. The summed E-state index contributed by atoms with van der Waals surface area (Å²) in [4.78, 5) is 14.5. The molecule has 1 aromatic heterocycles. The molecule has 8 nitrogen and oxygen atoms in total. The molecule has 21 heavy (non-hydrogen) atoms. The number of nitro groups is 1. The first-order valence-electron chi connectivity index (χ1n) is 5.88. The number of ether oxygens (including phenoxy) is 1. The maximum Gasteiger partial charge on any atom is 0.314 e. The number of para-hydroxylation sites is 1. The van der Waals surface area contributed by atoms with E-state index in [1.165, 1.54) is 24.4 Å². The smallest absolute Gasteiger partial charge is 0.314 e. The van der Waals surface area contributed by atoms with Gasteiger partial charge in [-0.25, -0.2) is 0 Å². The second-order valence-electron chi connectivity index (χ2n) is 4.14. The fraction of sp³-hybridized carbons (Fsp3) is 0.0769. The van der Waals surface area contributed by atoms with Crippen LogP contribution in [-0.2, 0) is 0 Å². The number of nitro benzene ring substituents is 1. The number of hydrogen-bond acceptors (Lipinski definition) is 6. The number of rotatable bonds is 4. The standard InChI is InChI=1S/C13H12N4O4/c1-8-3-2-4-11(12(8)17(19)20)21-9-5-6-15-10(7-9)13(14)16-18/h2-7,18H,1H3,(H2,14,16). The van der Waals surface area contributed by atoms with Gasteiger partial charge in [0.2, 0.25) is 5.75 Å². The average molecular weight is 288 g/mol. The SMILES string of the molecule is Cc1cccc(Oc2ccnc(C(N)=NO)c2)c1[N+](=O)[O-]. The van der Waals surface area contributed by atoms with Crippen LogP contribution in [0.3, 0.4) is 0 Å². The number of nitrogens with zero attached hydrogens (tertiary/aromatic N) is 3. The molecule has 108 valence electrons. The first-order chi connectivity index (χ1) is 10.0. The van der Waals surface area contributed by atoms with Crippen molar-refractivity contribution in [1.29, 1.82) is 0 Å². The zero-order valence-corrected chi connectivity index (χ0v) is 11.1. The molecule has 1 heterocycles. The van der Waals surface area contributed by atoms with Crippen molar-refractivity contribution >= 4 is 11.5 Å². The van der Waals surface area contributed by atoms with Crippen LogP contribution in [-0.4, -0.2) is 21.0 Å². The Morgan fingerprint density at radius 1 is 1.48 bits per heavy atom. The summed E-state index contributed by atoms with van der Waals surface area (Å²) in [5.41, 5.74) is 6.01. The summed E-state index contributed by atoms with van der Waals surface area (Å²) in [5.74, 6) is 0.219. The highest BCUT2D eigenvalue weighted by Crippen LogP contribution is 2.33. The molecule has 8 heteroatoms. The van der Waals surface area contributed by atoms with Gasteiger partial charge in [-0.2, -0.15) is 0 Å². The molecule has 2 rings (SSSR count). The fourth-order valence-electron chi connectivity index (χ4n) is 1.74. The van der Waals surface area contributed by atoms with E-state index >= 15 is 0 Å². The number of amidine groups is 1. The first kappa shape index (κ1) is 14.3. The molecule has 0 unspecified atom stereocenters. The number of benzene rings is 1. The topological polar surface area (TPSA) is 124 Å². The number of oxime groups is 1. The van der Waals surface area contributed by atoms with Crippen LogP contribution in [0.1, 0.15) is 11.3 Å². The van der Waals surface area contributed by atoms with Gasteiger partial charge in [-0.3, -0.25) is 15.1 Å². The van der Waals surface area contributed by atoms with Gasteiger partial charge in [0.25, 0.3) is 0 Å². The summed E-state index contributed by atoms with van der Waals surface area (Å²) in [7, 11) is 0. The van der Waals surface area contributed by atoms with Crippen LogP contribution in [0.15, 0.2) is 41.7 Å². The molecule has 1 aromatic carbocycles. The molecular weight excluding hydrogens is 276 g/mol. The summed E-state index contributed by atoms with van der Waals surface area (Å²) < 4.78 is 5.51. The zero-order valence-electron chi connectivity index (χ0n) is 11.1. The van der Waals surface area contributed by atoms with Crippen molar-refractivity contribution in [3.05, 3.63) is 57.9 Å². The van der Waals surface area contributed by atoms with Gasteiger partial charge < -0.3 is 15.7 Å². The number of pyridine rings is 1. The highest BCUT2D eigenvalue weighted by molar-refractivity contribution is 5.95. The monoisotopic (exact) mass is 288 g/mol. The second-order valence-corrected chi connectivity index (χ2v) is 4.14. The van der Waals surface area contributed by atoms with Gasteiger partial charge in [0.15, 0.2) is 5.84 Å². The lowest BCUT2D eigenvalue weighted by molar-refractivity contribution is -0.386. The average Bonchev–Trinajstić information content (AvgIpc) is 2.46. The zero-order chi connectivity index (χ0) is 15.4. The summed E-state index contributed by atoms with van der Waals surface area (Å²) in [5, 5.41) is 22.5. The van der Waals surface area contributed by atoms with Crippen LogP contribution >= 0.6 is 0 Å². The Balaban J connectivity index is 2.39.